The fourth-order valence-electron chi connectivity index (χ4n) is 1.37. The second-order valence-electron chi connectivity index (χ2n) is 4.03. The maximum Gasteiger partial charge on any atom is 0.241 e. The van der Waals surface area contributed by atoms with Crippen LogP contribution >= 0.6 is 11.6 Å². The Hall–Kier alpha value is -1.11. The fourth-order valence-corrected chi connectivity index (χ4v) is 2.87. The molecule has 1 aromatic carbocycles. The molecule has 0 bridgehead atoms. The van der Waals surface area contributed by atoms with Crippen LogP contribution in [0.4, 0.5) is 0 Å². The molecule has 0 saturated carbocycles. The summed E-state index contributed by atoms with van der Waals surface area (Å²) in [6, 6.07) is 5.03. The Kier molecular flexibility index (Phi) is 4.72. The molecule has 1 rings (SSSR count). The minimum Gasteiger partial charge on any atom is -0.347 e. The van der Waals surface area contributed by atoms with Gasteiger partial charge in [-0.15, -0.1) is 0 Å². The van der Waals surface area contributed by atoms with Crippen molar-refractivity contribution in [1.82, 2.24) is 9.62 Å². The largest absolute Gasteiger partial charge is 0.347 e. The SMILES string of the molecule is CC(NS(=O)(=O)c1cccc(Cl)c1)C(=O)N(C)C. The molecule has 0 heterocycles. The quantitative estimate of drug-likeness (QED) is 0.903. The van der Waals surface area contributed by atoms with Gasteiger partial charge in [0.15, 0.2) is 0 Å². The summed E-state index contributed by atoms with van der Waals surface area (Å²) < 4.78 is 26.3. The number of nitrogens with one attached hydrogen (secondary N) is 1. The van der Waals surface area contributed by atoms with Crippen molar-refractivity contribution in [3.05, 3.63) is 29.3 Å². The molecule has 100 valence electrons. The molecule has 0 aliphatic rings. The summed E-state index contributed by atoms with van der Waals surface area (Å²) in [5.41, 5.74) is 0. The topological polar surface area (TPSA) is 66.5 Å². The first kappa shape index (κ1) is 14.9. The predicted octanol–water partition coefficient (Wildman–Crippen LogP) is 1.10. The fraction of sp³-hybridized carbons (Fsp3) is 0.364. The number of rotatable bonds is 4. The number of halogens is 1. The van der Waals surface area contributed by atoms with Gasteiger partial charge in [0.25, 0.3) is 0 Å². The highest BCUT2D eigenvalue weighted by atomic mass is 35.5. The summed E-state index contributed by atoms with van der Waals surface area (Å²) in [4.78, 5) is 13.0. The van der Waals surface area contributed by atoms with Gasteiger partial charge in [-0.1, -0.05) is 17.7 Å². The number of carbonyl (C=O) groups excluding carboxylic acids is 1. The van der Waals surface area contributed by atoms with Crippen LogP contribution in [0.1, 0.15) is 6.92 Å². The van der Waals surface area contributed by atoms with Crippen LogP contribution in [0.3, 0.4) is 0 Å². The average Bonchev–Trinajstić information content (AvgIpc) is 2.27. The van der Waals surface area contributed by atoms with Crippen LogP contribution in [0.25, 0.3) is 0 Å². The molecule has 1 N–H and O–H groups in total. The van der Waals surface area contributed by atoms with Crippen LogP contribution in [0, 0.1) is 0 Å². The summed E-state index contributed by atoms with van der Waals surface area (Å²) in [6.45, 7) is 1.49. The van der Waals surface area contributed by atoms with Gasteiger partial charge in [0.05, 0.1) is 10.9 Å². The molecule has 7 heteroatoms. The number of nitrogens with zero attached hydrogens (tertiary/aromatic N) is 1. The third-order valence-corrected chi connectivity index (χ3v) is 4.02. The van der Waals surface area contributed by atoms with Crippen LogP contribution in [-0.4, -0.2) is 39.4 Å². The van der Waals surface area contributed by atoms with Crippen LogP contribution < -0.4 is 4.72 Å². The Morgan fingerprint density at radius 3 is 2.50 bits per heavy atom. The van der Waals surface area contributed by atoms with Gasteiger partial charge < -0.3 is 4.90 Å². The number of benzene rings is 1. The number of sulfonamides is 1. The molecule has 0 aliphatic carbocycles. The lowest BCUT2D eigenvalue weighted by atomic mass is 10.3. The highest BCUT2D eigenvalue weighted by molar-refractivity contribution is 7.89. The molecular weight excluding hydrogens is 276 g/mol. The van der Waals surface area contributed by atoms with Crippen LogP contribution in [-0.2, 0) is 14.8 Å². The van der Waals surface area contributed by atoms with Crippen molar-refractivity contribution < 1.29 is 13.2 Å². The molecule has 0 spiro atoms. The van der Waals surface area contributed by atoms with Gasteiger partial charge in [0.1, 0.15) is 0 Å². The number of amides is 1. The van der Waals surface area contributed by atoms with Crippen molar-refractivity contribution in [3.8, 4) is 0 Å². The second kappa shape index (κ2) is 5.69. The lowest BCUT2D eigenvalue weighted by Crippen LogP contribution is -2.44. The zero-order valence-corrected chi connectivity index (χ0v) is 11.9. The molecule has 0 radical (unpaired) electrons. The summed E-state index contributed by atoms with van der Waals surface area (Å²) in [6.07, 6.45) is 0. The summed E-state index contributed by atoms with van der Waals surface area (Å²) in [5.74, 6) is -0.319. The molecule has 1 aromatic rings. The van der Waals surface area contributed by atoms with Gasteiger partial charge in [-0.05, 0) is 25.1 Å². The van der Waals surface area contributed by atoms with Gasteiger partial charge in [-0.2, -0.15) is 4.72 Å². The van der Waals surface area contributed by atoms with E-state index in [1.807, 2.05) is 0 Å². The Bertz CT molecular complexity index is 543. The van der Waals surface area contributed by atoms with Crippen molar-refractivity contribution in [2.45, 2.75) is 17.9 Å². The minimum atomic E-state index is -3.74. The minimum absolute atomic E-state index is 0.0356. The average molecular weight is 291 g/mol. The van der Waals surface area contributed by atoms with Crippen molar-refractivity contribution in [2.75, 3.05) is 14.1 Å². The van der Waals surface area contributed by atoms with E-state index in [2.05, 4.69) is 4.72 Å². The van der Waals surface area contributed by atoms with Crippen molar-refractivity contribution in [1.29, 1.82) is 0 Å². The Morgan fingerprint density at radius 2 is 2.00 bits per heavy atom. The van der Waals surface area contributed by atoms with E-state index in [0.29, 0.717) is 5.02 Å². The van der Waals surface area contributed by atoms with Crippen molar-refractivity contribution >= 4 is 27.5 Å². The van der Waals surface area contributed by atoms with Gasteiger partial charge >= 0.3 is 0 Å². The van der Waals surface area contributed by atoms with Crippen molar-refractivity contribution in [2.24, 2.45) is 0 Å². The molecule has 0 aliphatic heterocycles. The molecule has 0 saturated heterocycles. The van der Waals surface area contributed by atoms with E-state index in [4.69, 9.17) is 11.6 Å². The van der Waals surface area contributed by atoms with E-state index >= 15 is 0 Å². The first-order valence-electron chi connectivity index (χ1n) is 5.23. The molecule has 5 nitrogen and oxygen atoms in total. The van der Waals surface area contributed by atoms with Gasteiger partial charge in [0, 0.05) is 19.1 Å². The Morgan fingerprint density at radius 1 is 1.39 bits per heavy atom. The van der Waals surface area contributed by atoms with Gasteiger partial charge in [-0.3, -0.25) is 4.79 Å². The zero-order chi connectivity index (χ0) is 13.9. The lowest BCUT2D eigenvalue weighted by molar-refractivity contribution is -0.130. The Labute approximate surface area is 112 Å². The van der Waals surface area contributed by atoms with E-state index in [0.717, 1.165) is 0 Å². The molecule has 1 amide bonds. The highest BCUT2D eigenvalue weighted by Gasteiger charge is 2.23. The summed E-state index contributed by atoms with van der Waals surface area (Å²) in [5, 5.41) is 0.324. The van der Waals surface area contributed by atoms with Gasteiger partial charge in [0.2, 0.25) is 15.9 Å². The molecule has 0 aromatic heterocycles. The van der Waals surface area contributed by atoms with Crippen LogP contribution in [0.2, 0.25) is 5.02 Å². The van der Waals surface area contributed by atoms with E-state index < -0.39 is 16.1 Å². The van der Waals surface area contributed by atoms with Crippen LogP contribution in [0.15, 0.2) is 29.2 Å². The first-order chi connectivity index (χ1) is 8.24. The lowest BCUT2D eigenvalue weighted by Gasteiger charge is -2.18. The second-order valence-corrected chi connectivity index (χ2v) is 6.18. The molecule has 18 heavy (non-hydrogen) atoms. The normalized spacial score (nSPS) is 13.1. The molecule has 0 fully saturated rings. The van der Waals surface area contributed by atoms with Crippen LogP contribution in [0.5, 0.6) is 0 Å². The molecule has 1 atom stereocenters. The number of carbonyl (C=O) groups is 1. The van der Waals surface area contributed by atoms with E-state index in [1.54, 1.807) is 20.2 Å². The molecular formula is C11H15ClN2O3S. The molecule has 1 unspecified atom stereocenters. The number of likely N-dealkylation sites (N-methyl/N-ethyl adjacent to an activating group) is 1. The third-order valence-electron chi connectivity index (χ3n) is 2.25. The predicted molar refractivity (Wildman–Crippen MR) is 69.9 cm³/mol. The third kappa shape index (κ3) is 3.69. The maximum atomic E-state index is 12.0. The number of hydrogen-bond acceptors (Lipinski definition) is 3. The highest BCUT2D eigenvalue weighted by Crippen LogP contribution is 2.15. The number of hydrogen-bond donors (Lipinski definition) is 1. The van der Waals surface area contributed by atoms with E-state index in [9.17, 15) is 13.2 Å². The smallest absolute Gasteiger partial charge is 0.241 e. The monoisotopic (exact) mass is 290 g/mol. The standard InChI is InChI=1S/C11H15ClN2O3S/c1-8(11(15)14(2)3)13-18(16,17)10-6-4-5-9(12)7-10/h4-8,13H,1-3H3. The zero-order valence-electron chi connectivity index (χ0n) is 10.3. The van der Waals surface area contributed by atoms with E-state index in [1.165, 1.54) is 30.0 Å². The van der Waals surface area contributed by atoms with Gasteiger partial charge in [-0.25, -0.2) is 8.42 Å². The summed E-state index contributed by atoms with van der Waals surface area (Å²) >= 11 is 5.73. The maximum absolute atomic E-state index is 12.0. The van der Waals surface area contributed by atoms with E-state index in [-0.39, 0.29) is 10.8 Å². The Balaban J connectivity index is 2.93. The van der Waals surface area contributed by atoms with Crippen molar-refractivity contribution in [3.63, 3.8) is 0 Å². The first-order valence-corrected chi connectivity index (χ1v) is 7.09. The summed E-state index contributed by atoms with van der Waals surface area (Å²) in [7, 11) is -0.618.